The van der Waals surface area contributed by atoms with Crippen LogP contribution in [0.25, 0.3) is 5.57 Å². The molecule has 0 spiro atoms. The van der Waals surface area contributed by atoms with Crippen LogP contribution in [0.3, 0.4) is 0 Å². The monoisotopic (exact) mass is 301 g/mol. The summed E-state index contributed by atoms with van der Waals surface area (Å²) < 4.78 is 31.6. The van der Waals surface area contributed by atoms with Gasteiger partial charge in [-0.15, -0.1) is 0 Å². The van der Waals surface area contributed by atoms with Crippen molar-refractivity contribution in [3.8, 4) is 0 Å². The van der Waals surface area contributed by atoms with Crippen LogP contribution < -0.4 is 5.73 Å². The maximum atomic E-state index is 9.58. The lowest BCUT2D eigenvalue weighted by Crippen LogP contribution is -2.48. The molecule has 1 unspecified atom stereocenters. The lowest BCUT2D eigenvalue weighted by Gasteiger charge is -2.30. The molecule has 0 fully saturated rings. The maximum Gasteiger partial charge on any atom is 0.394 e. The van der Waals surface area contributed by atoms with E-state index in [9.17, 15) is 10.2 Å². The van der Waals surface area contributed by atoms with Crippen molar-refractivity contribution in [3.63, 3.8) is 0 Å². The van der Waals surface area contributed by atoms with Gasteiger partial charge >= 0.3 is 10.4 Å². The molecule has 6 N–H and O–H groups in total. The molecule has 0 aliphatic heterocycles. The van der Waals surface area contributed by atoms with E-state index in [1.54, 1.807) is 12.2 Å². The molecule has 8 heteroatoms. The summed E-state index contributed by atoms with van der Waals surface area (Å²) in [6.07, 6.45) is 4.68. The lowest BCUT2D eigenvalue weighted by atomic mass is 9.89. The average Bonchev–Trinajstić information content (AvgIpc) is 2.32. The van der Waals surface area contributed by atoms with Gasteiger partial charge in [-0.1, -0.05) is 42.5 Å². The normalized spacial score (nSPS) is 20.6. The van der Waals surface area contributed by atoms with E-state index >= 15 is 0 Å². The van der Waals surface area contributed by atoms with Gasteiger partial charge in [-0.05, 0) is 17.2 Å². The zero-order valence-electron chi connectivity index (χ0n) is 10.3. The van der Waals surface area contributed by atoms with E-state index in [1.807, 2.05) is 30.3 Å². The summed E-state index contributed by atoms with van der Waals surface area (Å²) in [5, 5.41) is 19.2. The molecule has 1 aromatic rings. The molecule has 0 radical (unpaired) electrons. The van der Waals surface area contributed by atoms with Crippen molar-refractivity contribution in [2.24, 2.45) is 5.73 Å². The quantitative estimate of drug-likeness (QED) is 0.363. The Morgan fingerprint density at radius 1 is 1.10 bits per heavy atom. The van der Waals surface area contributed by atoms with Crippen molar-refractivity contribution in [2.45, 2.75) is 11.8 Å². The van der Waals surface area contributed by atoms with Crippen LogP contribution >= 0.6 is 0 Å². The molecule has 1 aliphatic carbocycles. The number of aliphatic hydroxyl groups is 2. The molecule has 0 aromatic heterocycles. The molecule has 0 saturated heterocycles. The van der Waals surface area contributed by atoms with Gasteiger partial charge in [-0.25, -0.2) is 0 Å². The highest BCUT2D eigenvalue weighted by Gasteiger charge is 2.33. The number of rotatable bonds is 1. The van der Waals surface area contributed by atoms with Crippen LogP contribution in [0, 0.1) is 0 Å². The Morgan fingerprint density at radius 2 is 1.60 bits per heavy atom. The summed E-state index contributed by atoms with van der Waals surface area (Å²) >= 11 is 0. The molecule has 110 valence electrons. The Labute approximate surface area is 116 Å². The highest BCUT2D eigenvalue weighted by atomic mass is 32.3. The second-order valence-corrected chi connectivity index (χ2v) is 4.95. The summed E-state index contributed by atoms with van der Waals surface area (Å²) in [5.74, 6) is -1.96. The first-order valence-electron chi connectivity index (χ1n) is 5.46. The van der Waals surface area contributed by atoms with Crippen LogP contribution in [0.4, 0.5) is 0 Å². The second-order valence-electron chi connectivity index (χ2n) is 4.06. The first-order chi connectivity index (χ1) is 9.11. The summed E-state index contributed by atoms with van der Waals surface area (Å²) in [6, 6.07) is 8.64. The molecule has 0 bridgehead atoms. The first-order valence-corrected chi connectivity index (χ1v) is 6.86. The molecule has 1 aromatic carbocycles. The van der Waals surface area contributed by atoms with Gasteiger partial charge in [0.2, 0.25) is 5.79 Å². The predicted octanol–water partition coefficient (Wildman–Crippen LogP) is -0.00480. The first kappa shape index (κ1) is 16.5. The largest absolute Gasteiger partial charge is 0.394 e. The molecule has 0 saturated carbocycles. The van der Waals surface area contributed by atoms with E-state index in [-0.39, 0.29) is 0 Å². The van der Waals surface area contributed by atoms with Gasteiger partial charge in [-0.3, -0.25) is 9.11 Å². The molecule has 1 aliphatic rings. The van der Waals surface area contributed by atoms with E-state index in [2.05, 4.69) is 0 Å². The van der Waals surface area contributed by atoms with Crippen LogP contribution in [-0.4, -0.2) is 39.6 Å². The van der Waals surface area contributed by atoms with E-state index in [0.717, 1.165) is 11.1 Å². The van der Waals surface area contributed by atoms with Crippen LogP contribution in [0.15, 0.2) is 48.6 Å². The second kappa shape index (κ2) is 6.27. The predicted molar refractivity (Wildman–Crippen MR) is 72.9 cm³/mol. The third-order valence-electron chi connectivity index (χ3n) is 2.52. The zero-order valence-corrected chi connectivity index (χ0v) is 11.1. The molecule has 7 nitrogen and oxygen atoms in total. The zero-order chi connectivity index (χ0) is 15.4. The molecule has 0 heterocycles. The number of allylic oxidation sites excluding steroid dienone is 2. The Bertz CT molecular complexity index is 598. The van der Waals surface area contributed by atoms with Crippen molar-refractivity contribution in [1.82, 2.24) is 0 Å². The third-order valence-corrected chi connectivity index (χ3v) is 2.52. The minimum Gasteiger partial charge on any atom is -0.361 e. The van der Waals surface area contributed by atoms with Crippen LogP contribution in [0.5, 0.6) is 0 Å². The molecule has 20 heavy (non-hydrogen) atoms. The molecular formula is C12H15NO6S. The number of hydrogen-bond donors (Lipinski definition) is 5. The van der Waals surface area contributed by atoms with Gasteiger partial charge in [0.15, 0.2) is 0 Å². The summed E-state index contributed by atoms with van der Waals surface area (Å²) in [5.41, 5.74) is 7.40. The van der Waals surface area contributed by atoms with Crippen molar-refractivity contribution in [2.75, 3.05) is 0 Å². The van der Waals surface area contributed by atoms with Gasteiger partial charge in [-0.2, -0.15) is 8.42 Å². The highest BCUT2D eigenvalue weighted by molar-refractivity contribution is 7.79. The minimum absolute atomic E-state index is 0.725. The standard InChI is InChI=1S/C12H13NO2.H2O4S/c13-11-10(7-4-8-12(11,14)15)9-5-2-1-3-6-9;1-5(2,3)4/h1-8,11,14-15H,13H2;(H2,1,2,3,4). The summed E-state index contributed by atoms with van der Waals surface area (Å²) in [6.45, 7) is 0. The molecular weight excluding hydrogens is 286 g/mol. The number of nitrogens with two attached hydrogens (primary N) is 1. The van der Waals surface area contributed by atoms with Gasteiger partial charge < -0.3 is 15.9 Å². The highest BCUT2D eigenvalue weighted by Crippen LogP contribution is 2.27. The molecule has 2 rings (SSSR count). The Kier molecular flexibility index (Phi) is 5.17. The van der Waals surface area contributed by atoms with E-state index in [4.69, 9.17) is 23.3 Å². The van der Waals surface area contributed by atoms with Crippen molar-refractivity contribution >= 4 is 16.0 Å². The van der Waals surface area contributed by atoms with Crippen LogP contribution in [0.2, 0.25) is 0 Å². The smallest absolute Gasteiger partial charge is 0.361 e. The minimum atomic E-state index is -4.67. The van der Waals surface area contributed by atoms with Gasteiger partial charge in [0.05, 0.1) is 6.04 Å². The average molecular weight is 301 g/mol. The SMILES string of the molecule is NC1C(c2ccccc2)=CC=CC1(O)O.O=S(=O)(O)O. The topological polar surface area (TPSA) is 141 Å². The molecule has 1 atom stereocenters. The lowest BCUT2D eigenvalue weighted by molar-refractivity contribution is -0.123. The van der Waals surface area contributed by atoms with Crippen molar-refractivity contribution < 1.29 is 27.7 Å². The van der Waals surface area contributed by atoms with Gasteiger partial charge in [0.1, 0.15) is 0 Å². The summed E-state index contributed by atoms with van der Waals surface area (Å²) in [7, 11) is -4.67. The van der Waals surface area contributed by atoms with Crippen molar-refractivity contribution in [3.05, 3.63) is 54.1 Å². The van der Waals surface area contributed by atoms with E-state index in [0.29, 0.717) is 0 Å². The molecule has 0 amide bonds. The van der Waals surface area contributed by atoms with Gasteiger partial charge in [0.25, 0.3) is 0 Å². The van der Waals surface area contributed by atoms with E-state index in [1.165, 1.54) is 6.08 Å². The van der Waals surface area contributed by atoms with Gasteiger partial charge in [0, 0.05) is 0 Å². The summed E-state index contributed by atoms with van der Waals surface area (Å²) in [4.78, 5) is 0. The maximum absolute atomic E-state index is 9.58. The third kappa shape index (κ3) is 5.21. The van der Waals surface area contributed by atoms with Crippen LogP contribution in [0.1, 0.15) is 5.56 Å². The number of hydrogen-bond acceptors (Lipinski definition) is 5. The van der Waals surface area contributed by atoms with Crippen LogP contribution in [-0.2, 0) is 10.4 Å². The Balaban J connectivity index is 0.000000347. The fourth-order valence-corrected chi connectivity index (χ4v) is 1.64. The Hall–Kier alpha value is -1.55. The Morgan fingerprint density at radius 3 is 2.10 bits per heavy atom. The fraction of sp³-hybridized carbons (Fsp3) is 0.167. The fourth-order valence-electron chi connectivity index (χ4n) is 1.64. The van der Waals surface area contributed by atoms with E-state index < -0.39 is 22.2 Å². The number of benzene rings is 1. The van der Waals surface area contributed by atoms with Crippen molar-refractivity contribution in [1.29, 1.82) is 0 Å².